The molecule has 1 fully saturated rings. The lowest BCUT2D eigenvalue weighted by Gasteiger charge is -2.14. The van der Waals surface area contributed by atoms with Crippen molar-refractivity contribution in [1.29, 1.82) is 0 Å². The van der Waals surface area contributed by atoms with Crippen molar-refractivity contribution in [2.45, 2.75) is 37.6 Å². The minimum Gasteiger partial charge on any atom is -0.569 e. The lowest BCUT2D eigenvalue weighted by molar-refractivity contribution is -0.709. The van der Waals surface area contributed by atoms with E-state index in [1.54, 1.807) is 42.5 Å². The zero-order valence-corrected chi connectivity index (χ0v) is 26.3. The van der Waals surface area contributed by atoms with Crippen molar-refractivity contribution in [2.75, 3.05) is 13.1 Å². The maximum absolute atomic E-state index is 13.5. The van der Waals surface area contributed by atoms with Gasteiger partial charge in [0.05, 0.1) is 45.8 Å². The van der Waals surface area contributed by atoms with Crippen molar-refractivity contribution in [1.82, 2.24) is 19.5 Å². The first-order valence-corrected chi connectivity index (χ1v) is 16.0. The first-order chi connectivity index (χ1) is 22.7. The van der Waals surface area contributed by atoms with Gasteiger partial charge in [-0.25, -0.2) is 22.6 Å². The molecule has 3 aromatic carbocycles. The molecule has 2 atom stereocenters. The second-order valence-corrected chi connectivity index (χ2v) is 12.5. The number of halogens is 3. The molecule has 252 valence electrons. The third kappa shape index (κ3) is 7.91. The molecule has 2 heterocycles. The van der Waals surface area contributed by atoms with Crippen LogP contribution in [0.1, 0.15) is 35.0 Å². The molecule has 5 rings (SSSR count). The molecule has 0 radical (unpaired) electrons. The predicted molar refractivity (Wildman–Crippen MR) is 162 cm³/mol. The maximum Gasteiger partial charge on any atom is 0.435 e. The van der Waals surface area contributed by atoms with Crippen LogP contribution < -0.4 is 4.72 Å². The number of aromatic nitrogens is 2. The van der Waals surface area contributed by atoms with Gasteiger partial charge in [0.2, 0.25) is 11.2 Å². The normalized spacial score (nSPS) is 16.0. The van der Waals surface area contributed by atoms with Gasteiger partial charge in [0.1, 0.15) is 0 Å². The summed E-state index contributed by atoms with van der Waals surface area (Å²) in [6.07, 6.45) is -5.80. The number of ether oxygens (including phenoxy) is 1. The number of nitrogens with zero attached hydrogens (tertiary/aromatic N) is 5. The van der Waals surface area contributed by atoms with Crippen LogP contribution in [-0.2, 0) is 30.6 Å². The Bertz CT molecular complexity index is 1920. The number of esters is 1. The number of sulfonamides is 1. The number of rotatable bonds is 10. The fourth-order valence-electron chi connectivity index (χ4n) is 4.77. The summed E-state index contributed by atoms with van der Waals surface area (Å²) >= 11 is 0. The van der Waals surface area contributed by atoms with Gasteiger partial charge in [-0.3, -0.25) is 9.63 Å². The third-order valence-electron chi connectivity index (χ3n) is 7.30. The molecule has 1 amide bonds. The number of aryl methyl sites for hydroxylation is 1. The van der Waals surface area contributed by atoms with E-state index in [0.29, 0.717) is 5.56 Å². The van der Waals surface area contributed by atoms with Crippen molar-refractivity contribution < 1.29 is 45.7 Å². The van der Waals surface area contributed by atoms with Crippen molar-refractivity contribution in [3.8, 4) is 16.9 Å². The summed E-state index contributed by atoms with van der Waals surface area (Å²) in [5, 5.41) is 20.6. The zero-order valence-electron chi connectivity index (χ0n) is 25.5. The van der Waals surface area contributed by atoms with Gasteiger partial charge in [0, 0.05) is 12.5 Å². The van der Waals surface area contributed by atoms with Gasteiger partial charge in [0.25, 0.3) is 16.3 Å². The Labute approximate surface area is 272 Å². The summed E-state index contributed by atoms with van der Waals surface area (Å²) in [7, 11) is -4.39. The van der Waals surface area contributed by atoms with E-state index >= 15 is 0 Å². The Kier molecular flexibility index (Phi) is 9.69. The molecule has 13 nitrogen and oxygen atoms in total. The third-order valence-corrected chi connectivity index (χ3v) is 8.66. The molecule has 4 aromatic rings. The molecule has 1 aliphatic rings. The Morgan fingerprint density at radius 1 is 1.06 bits per heavy atom. The number of hydrazine groups is 1. The number of amides is 1. The second-order valence-electron chi connectivity index (χ2n) is 10.8. The fourth-order valence-corrected chi connectivity index (χ4v) is 5.82. The number of alkyl halides is 3. The first-order valence-electron chi connectivity index (χ1n) is 14.5. The van der Waals surface area contributed by atoms with E-state index in [1.165, 1.54) is 31.2 Å². The van der Waals surface area contributed by atoms with Crippen molar-refractivity contribution in [3.05, 3.63) is 107 Å². The highest BCUT2D eigenvalue weighted by Crippen LogP contribution is 2.33. The monoisotopic (exact) mass is 686 g/mol. The van der Waals surface area contributed by atoms with E-state index in [0.717, 1.165) is 33.5 Å². The average molecular weight is 687 g/mol. The minimum absolute atomic E-state index is 0.0501. The van der Waals surface area contributed by atoms with Crippen LogP contribution in [-0.4, -0.2) is 59.4 Å². The van der Waals surface area contributed by atoms with Crippen LogP contribution in [0.5, 0.6) is 0 Å². The number of hydrogen-bond donors (Lipinski definition) is 1. The molecule has 0 aliphatic carbocycles. The van der Waals surface area contributed by atoms with E-state index in [2.05, 4.69) is 10.4 Å². The first kappa shape index (κ1) is 33.9. The van der Waals surface area contributed by atoms with Crippen LogP contribution in [0.3, 0.4) is 0 Å². The fraction of sp³-hybridized carbons (Fsp3) is 0.258. The maximum atomic E-state index is 13.5. The molecule has 2 unspecified atom stereocenters. The Morgan fingerprint density at radius 3 is 2.38 bits per heavy atom. The molecule has 1 N–H and O–H groups in total. The lowest BCUT2D eigenvalue weighted by Crippen LogP contribution is -2.37. The summed E-state index contributed by atoms with van der Waals surface area (Å²) < 4.78 is 74.7. The summed E-state index contributed by atoms with van der Waals surface area (Å²) in [6, 6.07) is 20.6. The lowest BCUT2D eigenvalue weighted by atomic mass is 10.1. The predicted octanol–water partition coefficient (Wildman–Crippen LogP) is 5.01. The molecular formula is C31H29F3N6O7S. The summed E-state index contributed by atoms with van der Waals surface area (Å²) in [5.74, 6) is -2.46. The highest BCUT2D eigenvalue weighted by atomic mass is 32.2. The summed E-state index contributed by atoms with van der Waals surface area (Å²) in [5.41, 5.74) is 0.828. The Hall–Kier alpha value is -5.45. The largest absolute Gasteiger partial charge is 0.569 e. The van der Waals surface area contributed by atoms with Crippen molar-refractivity contribution in [2.24, 2.45) is 11.2 Å². The second kappa shape index (κ2) is 13.7. The van der Waals surface area contributed by atoms with Crippen molar-refractivity contribution in [3.63, 3.8) is 0 Å². The quantitative estimate of drug-likeness (QED) is 0.0796. The van der Waals surface area contributed by atoms with Crippen LogP contribution in [0.15, 0.2) is 95.1 Å². The molecule has 48 heavy (non-hydrogen) atoms. The van der Waals surface area contributed by atoms with E-state index in [4.69, 9.17) is 9.57 Å². The summed E-state index contributed by atoms with van der Waals surface area (Å²) in [4.78, 5) is 29.7. The topological polar surface area (TPSA) is 158 Å². The highest BCUT2D eigenvalue weighted by Gasteiger charge is 2.36. The smallest absolute Gasteiger partial charge is 0.435 e. The van der Waals surface area contributed by atoms with Gasteiger partial charge in [-0.05, 0) is 55.8 Å². The number of carbonyl (C=O) groups excluding carboxylic acids is 2. The van der Waals surface area contributed by atoms with Gasteiger partial charge in [-0.2, -0.15) is 18.3 Å². The van der Waals surface area contributed by atoms with Gasteiger partial charge in [0.15, 0.2) is 5.69 Å². The highest BCUT2D eigenvalue weighted by molar-refractivity contribution is 7.90. The SMILES string of the molecule is Cc1ccc(-c2cc(C(F)(F)F)nn2-c2ccc(S(=O)(=O)NC(=O)C3CCN(/[N+]([O-])=N/OC(C)OC(=O)c4ccccc4)C3)cc2)cc1. The van der Waals surface area contributed by atoms with Crippen LogP contribution in [0, 0.1) is 18.0 Å². The van der Waals surface area contributed by atoms with E-state index in [-0.39, 0.29) is 46.3 Å². The van der Waals surface area contributed by atoms with Gasteiger partial charge in [-0.1, -0.05) is 48.0 Å². The van der Waals surface area contributed by atoms with Gasteiger partial charge in [-0.15, -0.1) is 5.01 Å². The zero-order chi connectivity index (χ0) is 34.6. The van der Waals surface area contributed by atoms with Crippen LogP contribution in [0.25, 0.3) is 16.9 Å². The molecule has 0 bridgehead atoms. The standard InChI is InChI=1S/C31H29F3N6O7S/c1-20-8-10-22(11-9-20)27-18-28(31(32,33)34)35-39(27)25-12-14-26(15-13-25)48(44,45)36-29(41)24-16-17-38(19-24)40(43)37-47-21(2)46-30(42)23-6-4-3-5-7-23/h3-15,18,21,24H,16-17,19H2,1-2H3,(H,36,41)/b40-37-. The van der Waals surface area contributed by atoms with Crippen molar-refractivity contribution >= 4 is 21.9 Å². The van der Waals surface area contributed by atoms with Crippen LogP contribution in [0.2, 0.25) is 0 Å². The summed E-state index contributed by atoms with van der Waals surface area (Å²) in [6.45, 7) is 3.06. The number of hydrogen-bond acceptors (Lipinski definition) is 9. The van der Waals surface area contributed by atoms with E-state index in [1.807, 2.05) is 11.6 Å². The Morgan fingerprint density at radius 2 is 1.73 bits per heavy atom. The Balaban J connectivity index is 1.21. The number of nitrogens with one attached hydrogen (secondary N) is 1. The number of carbonyl (C=O) groups is 2. The molecular weight excluding hydrogens is 657 g/mol. The molecule has 1 aliphatic heterocycles. The molecule has 1 aromatic heterocycles. The van der Waals surface area contributed by atoms with Crippen LogP contribution >= 0.6 is 0 Å². The number of benzene rings is 3. The van der Waals surface area contributed by atoms with Gasteiger partial charge < -0.3 is 9.94 Å². The molecule has 1 saturated heterocycles. The minimum atomic E-state index is -4.71. The molecule has 0 saturated carbocycles. The van der Waals surface area contributed by atoms with Gasteiger partial charge >= 0.3 is 12.1 Å². The van der Waals surface area contributed by atoms with E-state index in [9.17, 15) is 36.4 Å². The average Bonchev–Trinajstić information content (AvgIpc) is 3.73. The van der Waals surface area contributed by atoms with Crippen LogP contribution in [0.4, 0.5) is 13.2 Å². The molecule has 0 spiro atoms. The van der Waals surface area contributed by atoms with E-state index < -0.39 is 46.0 Å². The molecule has 17 heteroatoms.